The van der Waals surface area contributed by atoms with E-state index in [0.29, 0.717) is 13.1 Å². The Morgan fingerprint density at radius 3 is 2.70 bits per heavy atom. The van der Waals surface area contributed by atoms with Crippen LogP contribution in [0, 0.1) is 0 Å². The lowest BCUT2D eigenvalue weighted by atomic mass is 10.0. The quantitative estimate of drug-likeness (QED) is 0.855. The second-order valence-corrected chi connectivity index (χ2v) is 4.82. The third kappa shape index (κ3) is 3.30. The van der Waals surface area contributed by atoms with Crippen molar-refractivity contribution in [1.29, 1.82) is 0 Å². The maximum Gasteiger partial charge on any atom is 0.416 e. The molecule has 1 amide bonds. The van der Waals surface area contributed by atoms with Gasteiger partial charge in [-0.25, -0.2) is 0 Å². The minimum absolute atomic E-state index is 0.0168. The Labute approximate surface area is 115 Å². The number of likely N-dealkylation sites (tertiary alicyclic amines) is 1. The van der Waals surface area contributed by atoms with E-state index in [1.54, 1.807) is 12.0 Å². The van der Waals surface area contributed by atoms with Crippen molar-refractivity contribution in [1.82, 2.24) is 4.90 Å². The molecule has 0 saturated carbocycles. The smallest absolute Gasteiger partial charge is 0.380 e. The number of amides is 1. The molecule has 1 aromatic carbocycles. The van der Waals surface area contributed by atoms with E-state index in [1.165, 1.54) is 18.2 Å². The first-order chi connectivity index (χ1) is 9.41. The lowest BCUT2D eigenvalue weighted by Gasteiger charge is -2.18. The first kappa shape index (κ1) is 14.8. The van der Waals surface area contributed by atoms with Crippen molar-refractivity contribution < 1.29 is 22.7 Å². The summed E-state index contributed by atoms with van der Waals surface area (Å²) in [4.78, 5) is 13.6. The lowest BCUT2D eigenvalue weighted by Crippen LogP contribution is -2.31. The molecular weight excluding hydrogens is 271 g/mol. The number of carbonyl (C=O) groups is 1. The molecule has 0 aliphatic carbocycles. The van der Waals surface area contributed by atoms with Gasteiger partial charge in [-0.1, -0.05) is 18.2 Å². The number of ether oxygens (including phenoxy) is 1. The summed E-state index contributed by atoms with van der Waals surface area (Å²) in [7, 11) is 1.57. The Balaban J connectivity index is 2.09. The van der Waals surface area contributed by atoms with Crippen LogP contribution in [0.5, 0.6) is 0 Å². The van der Waals surface area contributed by atoms with Gasteiger partial charge >= 0.3 is 6.18 Å². The van der Waals surface area contributed by atoms with E-state index in [-0.39, 0.29) is 24.0 Å². The highest BCUT2D eigenvalue weighted by molar-refractivity contribution is 5.79. The summed E-state index contributed by atoms with van der Waals surface area (Å²) in [5, 5.41) is 0. The fourth-order valence-electron chi connectivity index (χ4n) is 2.37. The predicted octanol–water partition coefficient (Wildman–Crippen LogP) is 2.50. The Kier molecular flexibility index (Phi) is 4.32. The molecule has 0 spiro atoms. The Morgan fingerprint density at radius 2 is 2.10 bits per heavy atom. The number of benzene rings is 1. The molecule has 1 saturated heterocycles. The van der Waals surface area contributed by atoms with Gasteiger partial charge in [0, 0.05) is 20.2 Å². The number of hydrogen-bond acceptors (Lipinski definition) is 2. The van der Waals surface area contributed by atoms with Gasteiger partial charge in [0.25, 0.3) is 0 Å². The number of methoxy groups -OCH3 is 1. The molecule has 6 heteroatoms. The van der Waals surface area contributed by atoms with E-state index in [0.717, 1.165) is 12.5 Å². The summed E-state index contributed by atoms with van der Waals surface area (Å²) in [6, 6.07) is 5.20. The Morgan fingerprint density at radius 1 is 1.40 bits per heavy atom. The topological polar surface area (TPSA) is 29.5 Å². The van der Waals surface area contributed by atoms with Crippen molar-refractivity contribution in [2.24, 2.45) is 0 Å². The fourth-order valence-corrected chi connectivity index (χ4v) is 2.37. The van der Waals surface area contributed by atoms with Crippen LogP contribution in [0.3, 0.4) is 0 Å². The third-order valence-electron chi connectivity index (χ3n) is 3.50. The molecule has 0 radical (unpaired) electrons. The molecule has 1 aromatic rings. The molecule has 1 fully saturated rings. The first-order valence-corrected chi connectivity index (χ1v) is 6.37. The van der Waals surface area contributed by atoms with Crippen LogP contribution in [0.25, 0.3) is 0 Å². The fraction of sp³-hybridized carbons (Fsp3) is 0.500. The van der Waals surface area contributed by atoms with Gasteiger partial charge < -0.3 is 9.64 Å². The van der Waals surface area contributed by atoms with Crippen molar-refractivity contribution >= 4 is 5.91 Å². The van der Waals surface area contributed by atoms with Gasteiger partial charge in [-0.15, -0.1) is 0 Å². The second kappa shape index (κ2) is 5.83. The van der Waals surface area contributed by atoms with Crippen molar-refractivity contribution in [3.63, 3.8) is 0 Å². The largest absolute Gasteiger partial charge is 0.416 e. The number of alkyl halides is 3. The van der Waals surface area contributed by atoms with Crippen LogP contribution >= 0.6 is 0 Å². The first-order valence-electron chi connectivity index (χ1n) is 6.37. The zero-order chi connectivity index (χ0) is 14.8. The highest BCUT2D eigenvalue weighted by Gasteiger charge is 2.34. The summed E-state index contributed by atoms with van der Waals surface area (Å²) < 4.78 is 43.7. The van der Waals surface area contributed by atoms with Crippen LogP contribution in [-0.4, -0.2) is 37.1 Å². The molecule has 1 aliphatic rings. The summed E-state index contributed by atoms with van der Waals surface area (Å²) in [6.07, 6.45) is -3.96. The molecule has 1 aliphatic heterocycles. The number of nitrogens with zero attached hydrogens (tertiary/aromatic N) is 1. The van der Waals surface area contributed by atoms with Crippen LogP contribution in [0.4, 0.5) is 13.2 Å². The minimum Gasteiger partial charge on any atom is -0.380 e. The SMILES string of the molecule is CO[C@H]1CCN(C(=O)Cc2ccccc2C(F)(F)F)C1. The summed E-state index contributed by atoms with van der Waals surface area (Å²) in [5.74, 6) is -0.291. The van der Waals surface area contributed by atoms with Crippen molar-refractivity contribution in [2.45, 2.75) is 25.1 Å². The predicted molar refractivity (Wildman–Crippen MR) is 67.1 cm³/mol. The number of carbonyl (C=O) groups excluding carboxylic acids is 1. The van der Waals surface area contributed by atoms with Gasteiger partial charge in [-0.05, 0) is 18.1 Å². The lowest BCUT2D eigenvalue weighted by molar-refractivity contribution is -0.138. The molecule has 110 valence electrons. The zero-order valence-electron chi connectivity index (χ0n) is 11.1. The van der Waals surface area contributed by atoms with Crippen LogP contribution in [-0.2, 0) is 22.1 Å². The van der Waals surface area contributed by atoms with E-state index < -0.39 is 11.7 Å². The molecule has 0 N–H and O–H groups in total. The molecule has 2 rings (SSSR count). The third-order valence-corrected chi connectivity index (χ3v) is 3.50. The molecule has 1 heterocycles. The van der Waals surface area contributed by atoms with Crippen LogP contribution in [0.15, 0.2) is 24.3 Å². The van der Waals surface area contributed by atoms with Crippen LogP contribution in [0.1, 0.15) is 17.5 Å². The number of halogens is 3. The monoisotopic (exact) mass is 287 g/mol. The van der Waals surface area contributed by atoms with Gasteiger partial charge in [-0.2, -0.15) is 13.2 Å². The summed E-state index contributed by atoms with van der Waals surface area (Å²) in [6.45, 7) is 0.981. The maximum atomic E-state index is 12.8. The van der Waals surface area contributed by atoms with Crippen LogP contribution in [0.2, 0.25) is 0 Å². The average Bonchev–Trinajstić information content (AvgIpc) is 2.87. The van der Waals surface area contributed by atoms with E-state index in [9.17, 15) is 18.0 Å². The standard InChI is InChI=1S/C14H16F3NO2/c1-20-11-6-7-18(9-11)13(19)8-10-4-2-3-5-12(10)14(15,16)17/h2-5,11H,6-9H2,1H3/t11-/m0/s1. The van der Waals surface area contributed by atoms with E-state index >= 15 is 0 Å². The summed E-state index contributed by atoms with van der Waals surface area (Å²) >= 11 is 0. The second-order valence-electron chi connectivity index (χ2n) is 4.82. The van der Waals surface area contributed by atoms with Crippen LogP contribution < -0.4 is 0 Å². The van der Waals surface area contributed by atoms with E-state index in [2.05, 4.69) is 0 Å². The normalized spacial score (nSPS) is 19.4. The highest BCUT2D eigenvalue weighted by Crippen LogP contribution is 2.32. The van der Waals surface area contributed by atoms with Crippen molar-refractivity contribution in [3.8, 4) is 0 Å². The molecule has 1 atom stereocenters. The highest BCUT2D eigenvalue weighted by atomic mass is 19.4. The zero-order valence-corrected chi connectivity index (χ0v) is 11.1. The van der Waals surface area contributed by atoms with Gasteiger partial charge in [0.2, 0.25) is 5.91 Å². The van der Waals surface area contributed by atoms with Gasteiger partial charge in [-0.3, -0.25) is 4.79 Å². The maximum absolute atomic E-state index is 12.8. The molecule has 20 heavy (non-hydrogen) atoms. The average molecular weight is 287 g/mol. The molecular formula is C14H16F3NO2. The van der Waals surface area contributed by atoms with E-state index in [4.69, 9.17) is 4.74 Å². The van der Waals surface area contributed by atoms with E-state index in [1.807, 2.05) is 0 Å². The summed E-state index contributed by atoms with van der Waals surface area (Å²) in [5.41, 5.74) is -0.721. The number of hydrogen-bond donors (Lipinski definition) is 0. The molecule has 0 bridgehead atoms. The molecule has 0 unspecified atom stereocenters. The van der Waals surface area contributed by atoms with Crippen molar-refractivity contribution in [3.05, 3.63) is 35.4 Å². The van der Waals surface area contributed by atoms with Crippen molar-refractivity contribution in [2.75, 3.05) is 20.2 Å². The van der Waals surface area contributed by atoms with Gasteiger partial charge in [0.05, 0.1) is 18.1 Å². The minimum atomic E-state index is -4.43. The van der Waals surface area contributed by atoms with Gasteiger partial charge in [0.15, 0.2) is 0 Å². The molecule has 3 nitrogen and oxygen atoms in total. The number of rotatable bonds is 3. The Hall–Kier alpha value is -1.56. The van der Waals surface area contributed by atoms with Gasteiger partial charge in [0.1, 0.15) is 0 Å². The molecule has 0 aromatic heterocycles. The Bertz CT molecular complexity index is 488.